The van der Waals surface area contributed by atoms with Crippen molar-refractivity contribution >= 4 is 40.0 Å². The molecule has 0 saturated carbocycles. The van der Waals surface area contributed by atoms with E-state index in [2.05, 4.69) is 4.98 Å². The van der Waals surface area contributed by atoms with Crippen LogP contribution in [0.5, 0.6) is 0 Å². The first-order chi connectivity index (χ1) is 7.20. The van der Waals surface area contributed by atoms with E-state index in [1.54, 1.807) is 20.8 Å². The number of rotatable bonds is 2. The molecule has 0 radical (unpaired) electrons. The van der Waals surface area contributed by atoms with Gasteiger partial charge in [-0.3, -0.25) is 4.79 Å². The maximum absolute atomic E-state index is 11.6. The number of anilines is 1. The van der Waals surface area contributed by atoms with Gasteiger partial charge in [-0.15, -0.1) is 11.3 Å². The molecule has 1 rings (SSSR count). The molecule has 0 amide bonds. The van der Waals surface area contributed by atoms with E-state index in [1.807, 2.05) is 0 Å². The average Bonchev–Trinajstić information content (AvgIpc) is 2.44. The van der Waals surface area contributed by atoms with Crippen LogP contribution in [-0.4, -0.2) is 21.8 Å². The number of hydrogen-bond acceptors (Lipinski definition) is 6. The highest BCUT2D eigenvalue weighted by Crippen LogP contribution is 2.24. The molecule has 7 heteroatoms. The number of carbonyl (C=O) groups excluding carboxylic acids is 2. The first-order valence-electron chi connectivity index (χ1n) is 4.40. The molecule has 1 aromatic rings. The van der Waals surface area contributed by atoms with Gasteiger partial charge in [-0.2, -0.15) is 0 Å². The molecule has 0 unspecified atom stereocenters. The molecule has 1 aromatic heterocycles. The molecule has 16 heavy (non-hydrogen) atoms. The maximum Gasteiger partial charge on any atom is 0.368 e. The lowest BCUT2D eigenvalue weighted by molar-refractivity contribution is 0.00692. The number of esters is 1. The van der Waals surface area contributed by atoms with Crippen LogP contribution in [0.1, 0.15) is 40.2 Å². The van der Waals surface area contributed by atoms with Gasteiger partial charge >= 0.3 is 5.97 Å². The Kier molecular flexibility index (Phi) is 3.54. The monoisotopic (exact) mass is 262 g/mol. The highest BCUT2D eigenvalue weighted by Gasteiger charge is 2.23. The molecule has 0 spiro atoms. The van der Waals surface area contributed by atoms with Gasteiger partial charge in [0.2, 0.25) is 5.01 Å². The standard InChI is InChI=1S/C9H11ClN2O3S/c1-9(2,3)15-8(14)7-12-6(11)4(16-7)5(10)13/h11H2,1-3H3. The van der Waals surface area contributed by atoms with Gasteiger partial charge in [-0.05, 0) is 32.4 Å². The Labute approximate surface area is 102 Å². The Hall–Kier alpha value is -1.14. The fraction of sp³-hybridized carbons (Fsp3) is 0.444. The van der Waals surface area contributed by atoms with Crippen molar-refractivity contribution in [1.82, 2.24) is 4.98 Å². The summed E-state index contributed by atoms with van der Waals surface area (Å²) in [6.07, 6.45) is 0. The minimum absolute atomic E-state index is 0.0245. The topological polar surface area (TPSA) is 82.3 Å². The Morgan fingerprint density at radius 3 is 2.38 bits per heavy atom. The van der Waals surface area contributed by atoms with Crippen molar-refractivity contribution in [2.45, 2.75) is 26.4 Å². The van der Waals surface area contributed by atoms with Gasteiger partial charge in [-0.1, -0.05) is 0 Å². The van der Waals surface area contributed by atoms with Crippen LogP contribution in [0.4, 0.5) is 5.82 Å². The maximum atomic E-state index is 11.6. The Balaban J connectivity index is 2.94. The van der Waals surface area contributed by atoms with E-state index < -0.39 is 16.8 Å². The third-order valence-corrected chi connectivity index (χ3v) is 2.76. The summed E-state index contributed by atoms with van der Waals surface area (Å²) in [5, 5.41) is -0.707. The van der Waals surface area contributed by atoms with Crippen LogP contribution in [0.25, 0.3) is 0 Å². The van der Waals surface area contributed by atoms with Crippen molar-refractivity contribution in [3.8, 4) is 0 Å². The third kappa shape index (κ3) is 3.18. The number of nitrogens with two attached hydrogens (primary N) is 1. The number of aromatic nitrogens is 1. The van der Waals surface area contributed by atoms with E-state index >= 15 is 0 Å². The number of thiazole rings is 1. The van der Waals surface area contributed by atoms with Crippen LogP contribution in [0.2, 0.25) is 0 Å². The molecule has 0 aliphatic heterocycles. The normalized spacial score (nSPS) is 11.2. The van der Waals surface area contributed by atoms with Crippen molar-refractivity contribution in [1.29, 1.82) is 0 Å². The quantitative estimate of drug-likeness (QED) is 0.652. The SMILES string of the molecule is CC(C)(C)OC(=O)c1nc(N)c(C(=O)Cl)s1. The Morgan fingerprint density at radius 2 is 2.00 bits per heavy atom. The lowest BCUT2D eigenvalue weighted by atomic mass is 10.2. The molecule has 0 aliphatic rings. The van der Waals surface area contributed by atoms with Gasteiger partial charge in [-0.25, -0.2) is 9.78 Å². The Morgan fingerprint density at radius 1 is 1.44 bits per heavy atom. The van der Waals surface area contributed by atoms with E-state index in [0.717, 1.165) is 11.3 Å². The molecule has 0 aliphatic carbocycles. The molecule has 0 bridgehead atoms. The molecule has 2 N–H and O–H groups in total. The molecule has 88 valence electrons. The molecule has 0 aromatic carbocycles. The first-order valence-corrected chi connectivity index (χ1v) is 5.59. The fourth-order valence-electron chi connectivity index (χ4n) is 0.882. The number of halogens is 1. The van der Waals surface area contributed by atoms with Gasteiger partial charge in [0.15, 0.2) is 0 Å². The van der Waals surface area contributed by atoms with Crippen molar-refractivity contribution in [3.63, 3.8) is 0 Å². The van der Waals surface area contributed by atoms with Crippen LogP contribution in [0, 0.1) is 0 Å². The van der Waals surface area contributed by atoms with Crippen LogP contribution >= 0.6 is 22.9 Å². The molecule has 1 heterocycles. The van der Waals surface area contributed by atoms with Crippen LogP contribution < -0.4 is 5.73 Å². The second-order valence-electron chi connectivity index (χ2n) is 4.01. The number of carbonyl (C=O) groups is 2. The highest BCUT2D eigenvalue weighted by atomic mass is 35.5. The van der Waals surface area contributed by atoms with Crippen molar-refractivity contribution in [3.05, 3.63) is 9.88 Å². The number of ether oxygens (including phenoxy) is 1. The largest absolute Gasteiger partial charge is 0.455 e. The predicted molar refractivity (Wildman–Crippen MR) is 61.9 cm³/mol. The lowest BCUT2D eigenvalue weighted by Crippen LogP contribution is -2.23. The number of hydrogen-bond donors (Lipinski definition) is 1. The van der Waals surface area contributed by atoms with Gasteiger partial charge in [0.05, 0.1) is 0 Å². The van der Waals surface area contributed by atoms with Crippen LogP contribution in [0.15, 0.2) is 0 Å². The number of nitrogen functional groups attached to an aromatic ring is 1. The predicted octanol–water partition coefficient (Wildman–Crippen LogP) is 2.06. The van der Waals surface area contributed by atoms with Crippen molar-refractivity contribution in [2.75, 3.05) is 5.73 Å². The summed E-state index contributed by atoms with van der Waals surface area (Å²) < 4.78 is 5.07. The summed E-state index contributed by atoms with van der Waals surface area (Å²) in [7, 11) is 0. The minimum atomic E-state index is -0.732. The summed E-state index contributed by atoms with van der Waals surface area (Å²) in [5.41, 5.74) is 4.81. The van der Waals surface area contributed by atoms with E-state index in [-0.39, 0.29) is 15.7 Å². The second-order valence-corrected chi connectivity index (χ2v) is 5.35. The average molecular weight is 263 g/mol. The summed E-state index contributed by atoms with van der Waals surface area (Å²) >= 11 is 6.08. The molecular formula is C9H11ClN2O3S. The van der Waals surface area contributed by atoms with Gasteiger partial charge < -0.3 is 10.5 Å². The fourth-order valence-corrected chi connectivity index (χ4v) is 1.79. The lowest BCUT2D eigenvalue weighted by Gasteiger charge is -2.18. The highest BCUT2D eigenvalue weighted by molar-refractivity contribution is 7.17. The third-order valence-electron chi connectivity index (χ3n) is 1.41. The Bertz CT molecular complexity index is 436. The zero-order chi connectivity index (χ0) is 12.5. The summed E-state index contributed by atoms with van der Waals surface area (Å²) in [6, 6.07) is 0. The smallest absolute Gasteiger partial charge is 0.368 e. The zero-order valence-electron chi connectivity index (χ0n) is 9.04. The minimum Gasteiger partial charge on any atom is -0.455 e. The summed E-state index contributed by atoms with van der Waals surface area (Å²) in [4.78, 5) is 26.2. The molecule has 0 atom stereocenters. The van der Waals surface area contributed by atoms with E-state index in [4.69, 9.17) is 22.1 Å². The number of nitrogens with zero attached hydrogens (tertiary/aromatic N) is 1. The van der Waals surface area contributed by atoms with Crippen molar-refractivity contribution in [2.24, 2.45) is 0 Å². The molecule has 0 saturated heterocycles. The second kappa shape index (κ2) is 4.39. The van der Waals surface area contributed by atoms with E-state index in [1.165, 1.54) is 0 Å². The van der Waals surface area contributed by atoms with Gasteiger partial charge in [0, 0.05) is 0 Å². The molecular weight excluding hydrogens is 252 g/mol. The van der Waals surface area contributed by atoms with Crippen LogP contribution in [-0.2, 0) is 4.74 Å². The molecule has 0 fully saturated rings. The van der Waals surface area contributed by atoms with E-state index in [9.17, 15) is 9.59 Å². The van der Waals surface area contributed by atoms with Gasteiger partial charge in [0.1, 0.15) is 16.3 Å². The van der Waals surface area contributed by atoms with Gasteiger partial charge in [0.25, 0.3) is 5.24 Å². The first kappa shape index (κ1) is 12.9. The van der Waals surface area contributed by atoms with Crippen LogP contribution in [0.3, 0.4) is 0 Å². The summed E-state index contributed by atoms with van der Waals surface area (Å²) in [6.45, 7) is 5.19. The zero-order valence-corrected chi connectivity index (χ0v) is 10.6. The molecule has 5 nitrogen and oxygen atoms in total. The van der Waals surface area contributed by atoms with E-state index in [0.29, 0.717) is 0 Å². The summed E-state index contributed by atoms with van der Waals surface area (Å²) in [5.74, 6) is -0.667. The van der Waals surface area contributed by atoms with Crippen molar-refractivity contribution < 1.29 is 14.3 Å².